The van der Waals surface area contributed by atoms with Gasteiger partial charge in [-0.05, 0) is 37.5 Å². The molecule has 25 heavy (non-hydrogen) atoms. The Labute approximate surface area is 139 Å². The van der Waals surface area contributed by atoms with Gasteiger partial charge in [0.15, 0.2) is 0 Å². The highest BCUT2D eigenvalue weighted by Crippen LogP contribution is 2.56. The van der Waals surface area contributed by atoms with Gasteiger partial charge in [-0.3, -0.25) is 0 Å². The molecule has 0 aliphatic heterocycles. The van der Waals surface area contributed by atoms with Gasteiger partial charge in [-0.1, -0.05) is 26.7 Å². The summed E-state index contributed by atoms with van der Waals surface area (Å²) >= 11 is 0. The van der Waals surface area contributed by atoms with E-state index in [1.807, 2.05) is 0 Å². The Morgan fingerprint density at radius 3 is 1.92 bits per heavy atom. The third-order valence-corrected chi connectivity index (χ3v) is 4.36. The van der Waals surface area contributed by atoms with Crippen molar-refractivity contribution in [2.45, 2.75) is 69.3 Å². The summed E-state index contributed by atoms with van der Waals surface area (Å²) in [6.45, 7) is 5.22. The molecule has 0 amide bonds. The predicted octanol–water partition coefficient (Wildman–Crippen LogP) is 6.05. The SMILES string of the molecule is [CH2]CC1C[CH]C(CCCC)C1OC(F)(F)C(F)(C(F)(F)F)C(F)(F)F. The minimum Gasteiger partial charge on any atom is -0.313 e. The van der Waals surface area contributed by atoms with Crippen LogP contribution in [0.1, 0.15) is 39.0 Å². The number of halogens is 9. The summed E-state index contributed by atoms with van der Waals surface area (Å²) in [6, 6.07) is 0. The van der Waals surface area contributed by atoms with E-state index < -0.39 is 42.1 Å². The third-order valence-electron chi connectivity index (χ3n) is 4.36. The molecule has 148 valence electrons. The van der Waals surface area contributed by atoms with E-state index in [0.29, 0.717) is 12.8 Å². The van der Waals surface area contributed by atoms with E-state index in [1.165, 1.54) is 6.42 Å². The zero-order valence-corrected chi connectivity index (χ0v) is 13.4. The zero-order valence-electron chi connectivity index (χ0n) is 13.4. The lowest BCUT2D eigenvalue weighted by molar-refractivity contribution is -0.457. The van der Waals surface area contributed by atoms with E-state index in [9.17, 15) is 39.5 Å². The molecule has 2 radical (unpaired) electrons. The van der Waals surface area contributed by atoms with Crippen LogP contribution in [0, 0.1) is 25.2 Å². The lowest BCUT2D eigenvalue weighted by Gasteiger charge is -2.38. The van der Waals surface area contributed by atoms with Crippen LogP contribution in [0.3, 0.4) is 0 Å². The lowest BCUT2D eigenvalue weighted by Crippen LogP contribution is -2.66. The van der Waals surface area contributed by atoms with Crippen molar-refractivity contribution in [3.8, 4) is 0 Å². The molecule has 0 aromatic rings. The molecule has 1 fully saturated rings. The van der Waals surface area contributed by atoms with Gasteiger partial charge in [0, 0.05) is 0 Å². The van der Waals surface area contributed by atoms with Crippen molar-refractivity contribution in [1.82, 2.24) is 0 Å². The van der Waals surface area contributed by atoms with E-state index in [2.05, 4.69) is 11.7 Å². The van der Waals surface area contributed by atoms with Crippen molar-refractivity contribution < 1.29 is 44.3 Å². The van der Waals surface area contributed by atoms with Crippen molar-refractivity contribution in [2.24, 2.45) is 11.8 Å². The second kappa shape index (κ2) is 7.52. The largest absolute Gasteiger partial charge is 0.440 e. The molecule has 3 unspecified atom stereocenters. The maximum absolute atomic E-state index is 13.8. The molecular formula is C15H19F9O. The van der Waals surface area contributed by atoms with E-state index in [0.717, 1.165) is 0 Å². The van der Waals surface area contributed by atoms with E-state index in [4.69, 9.17) is 0 Å². The van der Waals surface area contributed by atoms with Gasteiger partial charge in [0.1, 0.15) is 0 Å². The van der Waals surface area contributed by atoms with Crippen molar-refractivity contribution >= 4 is 0 Å². The molecule has 1 nitrogen and oxygen atoms in total. The van der Waals surface area contributed by atoms with E-state index >= 15 is 0 Å². The van der Waals surface area contributed by atoms with Crippen LogP contribution in [0.5, 0.6) is 0 Å². The molecule has 0 spiro atoms. The Morgan fingerprint density at radius 2 is 1.52 bits per heavy atom. The molecule has 1 aliphatic carbocycles. The number of hydrogen-bond donors (Lipinski definition) is 0. The minimum absolute atomic E-state index is 0.0445. The molecular weight excluding hydrogens is 367 g/mol. The normalized spacial score (nSPS) is 26.3. The topological polar surface area (TPSA) is 9.23 Å². The van der Waals surface area contributed by atoms with Gasteiger partial charge in [-0.15, -0.1) is 0 Å². The van der Waals surface area contributed by atoms with Gasteiger partial charge in [-0.25, -0.2) is 4.39 Å². The summed E-state index contributed by atoms with van der Waals surface area (Å²) in [7, 11) is 0. The average Bonchev–Trinajstić information content (AvgIpc) is 2.82. The molecule has 0 aromatic heterocycles. The van der Waals surface area contributed by atoms with Gasteiger partial charge in [0.2, 0.25) is 0 Å². The Hall–Kier alpha value is -0.670. The molecule has 1 aliphatic rings. The molecule has 0 heterocycles. The third kappa shape index (κ3) is 4.19. The average molecular weight is 386 g/mol. The highest BCUT2D eigenvalue weighted by atomic mass is 19.4. The van der Waals surface area contributed by atoms with Gasteiger partial charge in [0.25, 0.3) is 0 Å². The molecule has 10 heteroatoms. The number of alkyl halides is 9. The van der Waals surface area contributed by atoms with Gasteiger partial charge >= 0.3 is 24.1 Å². The fourth-order valence-corrected chi connectivity index (χ4v) is 2.90. The van der Waals surface area contributed by atoms with Crippen LogP contribution >= 0.6 is 0 Å². The lowest BCUT2D eigenvalue weighted by atomic mass is 9.93. The van der Waals surface area contributed by atoms with Crippen molar-refractivity contribution in [3.05, 3.63) is 13.3 Å². The second-order valence-electron chi connectivity index (χ2n) is 6.08. The maximum Gasteiger partial charge on any atom is 0.440 e. The molecule has 0 aromatic carbocycles. The summed E-state index contributed by atoms with van der Waals surface area (Å²) in [4.78, 5) is 0. The van der Waals surface area contributed by atoms with Crippen LogP contribution in [0.4, 0.5) is 39.5 Å². The Morgan fingerprint density at radius 1 is 1.00 bits per heavy atom. The summed E-state index contributed by atoms with van der Waals surface area (Å²) < 4.78 is 121. The van der Waals surface area contributed by atoms with Crippen LogP contribution < -0.4 is 0 Å². The zero-order chi connectivity index (χ0) is 19.7. The quantitative estimate of drug-likeness (QED) is 0.484. The monoisotopic (exact) mass is 386 g/mol. The van der Waals surface area contributed by atoms with Crippen molar-refractivity contribution in [1.29, 1.82) is 0 Å². The Kier molecular flexibility index (Phi) is 6.73. The minimum atomic E-state index is -6.89. The first-order chi connectivity index (χ1) is 11.2. The van der Waals surface area contributed by atoms with Crippen LogP contribution in [-0.4, -0.2) is 30.2 Å². The smallest absolute Gasteiger partial charge is 0.313 e. The first kappa shape index (κ1) is 22.4. The molecule has 1 rings (SSSR count). The number of unbranched alkanes of at least 4 members (excludes halogenated alkanes) is 1. The summed E-state index contributed by atoms with van der Waals surface area (Å²) in [5.41, 5.74) is -6.80. The predicted molar refractivity (Wildman–Crippen MR) is 71.2 cm³/mol. The van der Waals surface area contributed by atoms with Crippen LogP contribution in [0.2, 0.25) is 0 Å². The standard InChI is InChI=1S/C15H19F9O/c1-3-5-6-10-8-7-9(4-2)11(10)25-15(23,24)12(16,13(17,18)19)14(20,21)22/h8-11H,2-7H2,1H3. The molecule has 0 N–H and O–H groups in total. The molecule has 3 atom stereocenters. The number of hydrogen-bond acceptors (Lipinski definition) is 1. The number of ether oxygens (including phenoxy) is 1. The first-order valence-electron chi connectivity index (χ1n) is 7.73. The number of rotatable bonds is 7. The van der Waals surface area contributed by atoms with Crippen LogP contribution in [0.15, 0.2) is 0 Å². The molecule has 0 saturated heterocycles. The van der Waals surface area contributed by atoms with Crippen LogP contribution in [-0.2, 0) is 4.74 Å². The fraction of sp³-hybridized carbons (Fsp3) is 0.867. The van der Waals surface area contributed by atoms with E-state index in [-0.39, 0.29) is 19.3 Å². The summed E-state index contributed by atoms with van der Waals surface area (Å²) in [6.07, 6.45) is -18.6. The molecule has 1 saturated carbocycles. The molecule has 0 bridgehead atoms. The highest BCUT2D eigenvalue weighted by molar-refractivity contribution is 5.04. The second-order valence-corrected chi connectivity index (χ2v) is 6.08. The summed E-state index contributed by atoms with van der Waals surface area (Å²) in [5.74, 6) is -1.60. The highest BCUT2D eigenvalue weighted by Gasteiger charge is 2.86. The summed E-state index contributed by atoms with van der Waals surface area (Å²) in [5, 5.41) is 0. The maximum atomic E-state index is 13.8. The van der Waals surface area contributed by atoms with E-state index in [1.54, 1.807) is 6.92 Å². The van der Waals surface area contributed by atoms with Gasteiger partial charge in [-0.2, -0.15) is 35.1 Å². The van der Waals surface area contributed by atoms with Gasteiger partial charge in [0.05, 0.1) is 6.10 Å². The van der Waals surface area contributed by atoms with Crippen LogP contribution in [0.25, 0.3) is 0 Å². The first-order valence-corrected chi connectivity index (χ1v) is 7.73. The Balaban J connectivity index is 3.17. The fourth-order valence-electron chi connectivity index (χ4n) is 2.90. The van der Waals surface area contributed by atoms with Gasteiger partial charge < -0.3 is 4.74 Å². The Bertz CT molecular complexity index is 416. The van der Waals surface area contributed by atoms with Crippen molar-refractivity contribution in [3.63, 3.8) is 0 Å². The van der Waals surface area contributed by atoms with Crippen molar-refractivity contribution in [2.75, 3.05) is 0 Å².